The Morgan fingerprint density at radius 2 is 0.941 bits per heavy atom. The number of hydrogen-bond donors (Lipinski definition) is 0. The Hall–Kier alpha value is -4.32. The summed E-state index contributed by atoms with van der Waals surface area (Å²) >= 11 is 0. The largest absolute Gasteiger partial charge is 0.459 e. The minimum Gasteiger partial charge on any atom is -0.459 e. The van der Waals surface area contributed by atoms with Gasteiger partial charge < -0.3 is 9.47 Å². The normalized spacial score (nSPS) is 12.4. The molecule has 0 aliphatic carbocycles. The first-order valence-corrected chi connectivity index (χ1v) is 11.0. The number of carbonyl (C=O) groups is 2. The molecule has 34 heavy (non-hydrogen) atoms. The highest BCUT2D eigenvalue weighted by molar-refractivity contribution is 5.90. The summed E-state index contributed by atoms with van der Waals surface area (Å²) in [5.41, 5.74) is 2.57. The second kappa shape index (κ2) is 11.5. The van der Waals surface area contributed by atoms with E-state index in [0.29, 0.717) is 22.5 Å². The van der Waals surface area contributed by atoms with Crippen LogP contribution in [0.2, 0.25) is 0 Å². The summed E-state index contributed by atoms with van der Waals surface area (Å²) in [5.74, 6) is -2.85. The van der Waals surface area contributed by atoms with Crippen LogP contribution < -0.4 is 0 Å². The molecular weight excluding hydrogens is 428 g/mol. The van der Waals surface area contributed by atoms with Crippen molar-refractivity contribution in [2.75, 3.05) is 0 Å². The smallest absolute Gasteiger partial charge is 0.315 e. The summed E-state index contributed by atoms with van der Waals surface area (Å²) < 4.78 is 11.3. The van der Waals surface area contributed by atoms with Crippen molar-refractivity contribution < 1.29 is 19.1 Å². The Kier molecular flexibility index (Phi) is 7.74. The molecule has 6 nitrogen and oxygen atoms in total. The molecule has 2 heterocycles. The maximum absolute atomic E-state index is 13.4. The van der Waals surface area contributed by atoms with Crippen LogP contribution in [0.25, 0.3) is 0 Å². The fourth-order valence-corrected chi connectivity index (χ4v) is 3.69. The number of aromatic nitrogens is 2. The van der Waals surface area contributed by atoms with E-state index in [2.05, 4.69) is 9.97 Å². The number of ether oxygens (including phenoxy) is 2. The van der Waals surface area contributed by atoms with Crippen molar-refractivity contribution in [1.29, 1.82) is 0 Å². The quantitative estimate of drug-likeness (QED) is 0.339. The molecule has 0 aliphatic rings. The number of pyridine rings is 2. The molecule has 170 valence electrons. The summed E-state index contributed by atoms with van der Waals surface area (Å²) in [5, 5.41) is 0. The van der Waals surface area contributed by atoms with Crippen LogP contribution in [-0.4, -0.2) is 21.9 Å². The van der Waals surface area contributed by atoms with Crippen molar-refractivity contribution in [2.45, 2.75) is 25.0 Å². The molecule has 0 aliphatic heterocycles. The predicted molar refractivity (Wildman–Crippen MR) is 126 cm³/mol. The Labute approximate surface area is 198 Å². The van der Waals surface area contributed by atoms with Crippen molar-refractivity contribution >= 4 is 11.9 Å². The fraction of sp³-hybridized carbons (Fsp3) is 0.143. The van der Waals surface area contributed by atoms with Crippen molar-refractivity contribution in [3.8, 4) is 0 Å². The monoisotopic (exact) mass is 452 g/mol. The molecule has 4 rings (SSSR count). The van der Waals surface area contributed by atoms with Crippen molar-refractivity contribution in [3.63, 3.8) is 0 Å². The third kappa shape index (κ3) is 5.92. The van der Waals surface area contributed by atoms with E-state index in [0.717, 1.165) is 0 Å². The summed E-state index contributed by atoms with van der Waals surface area (Å²) in [4.78, 5) is 35.3. The highest BCUT2D eigenvalue weighted by atomic mass is 16.5. The zero-order valence-corrected chi connectivity index (χ0v) is 18.5. The van der Waals surface area contributed by atoms with E-state index in [4.69, 9.17) is 9.47 Å². The Morgan fingerprint density at radius 3 is 1.29 bits per heavy atom. The number of nitrogens with zero attached hydrogens (tertiary/aromatic N) is 2. The zero-order valence-electron chi connectivity index (χ0n) is 18.5. The van der Waals surface area contributed by atoms with Gasteiger partial charge in [0.2, 0.25) is 0 Å². The first kappa shape index (κ1) is 22.9. The first-order valence-electron chi connectivity index (χ1n) is 11.0. The molecule has 0 saturated carbocycles. The average molecular weight is 453 g/mol. The lowest BCUT2D eigenvalue weighted by molar-refractivity contribution is -0.155. The first-order chi connectivity index (χ1) is 16.7. The standard InChI is InChI=1S/C28H24N2O4/c31-27(33-19-23-15-7-9-17-29-23)25(21-11-3-1-4-12-21)26(22-13-5-2-6-14-22)28(32)34-20-24-16-8-10-18-30-24/h1-18,25-26H,19-20H2. The van der Waals surface area contributed by atoms with Crippen molar-refractivity contribution in [3.05, 3.63) is 132 Å². The summed E-state index contributed by atoms with van der Waals surface area (Å²) in [6.45, 7) is 0.0149. The third-order valence-electron chi connectivity index (χ3n) is 5.34. The molecule has 0 spiro atoms. The van der Waals surface area contributed by atoms with E-state index < -0.39 is 23.8 Å². The van der Waals surface area contributed by atoms with E-state index >= 15 is 0 Å². The molecule has 0 N–H and O–H groups in total. The van der Waals surface area contributed by atoms with Crippen LogP contribution >= 0.6 is 0 Å². The molecule has 2 unspecified atom stereocenters. The minimum absolute atomic E-state index is 0.00744. The van der Waals surface area contributed by atoms with Crippen LogP contribution in [0.1, 0.15) is 34.4 Å². The summed E-state index contributed by atoms with van der Waals surface area (Å²) in [6.07, 6.45) is 3.28. The van der Waals surface area contributed by atoms with E-state index in [1.165, 1.54) is 0 Å². The highest BCUT2D eigenvalue weighted by Crippen LogP contribution is 2.36. The number of esters is 2. The molecule has 0 saturated heterocycles. The van der Waals surface area contributed by atoms with Crippen LogP contribution in [0.5, 0.6) is 0 Å². The molecule has 2 aromatic carbocycles. The lowest BCUT2D eigenvalue weighted by Crippen LogP contribution is -2.29. The molecule has 2 atom stereocenters. The molecule has 4 aromatic rings. The molecule has 0 fully saturated rings. The second-order valence-corrected chi connectivity index (χ2v) is 7.63. The summed E-state index contributed by atoms with van der Waals surface area (Å²) in [7, 11) is 0. The van der Waals surface area contributed by atoms with Crippen molar-refractivity contribution in [2.24, 2.45) is 0 Å². The molecule has 6 heteroatoms. The molecule has 2 aromatic heterocycles. The van der Waals surface area contributed by atoms with Gasteiger partial charge in [-0.05, 0) is 35.4 Å². The lowest BCUT2D eigenvalue weighted by atomic mass is 9.81. The summed E-state index contributed by atoms with van der Waals surface area (Å²) in [6, 6.07) is 29.1. The van der Waals surface area contributed by atoms with Gasteiger partial charge in [0.1, 0.15) is 13.2 Å². The van der Waals surface area contributed by atoms with Gasteiger partial charge in [-0.3, -0.25) is 19.6 Å². The predicted octanol–water partition coefficient (Wildman–Crippen LogP) is 4.83. The van der Waals surface area contributed by atoms with Gasteiger partial charge in [0.25, 0.3) is 0 Å². The highest BCUT2D eigenvalue weighted by Gasteiger charge is 2.38. The molecular formula is C28H24N2O4. The number of hydrogen-bond acceptors (Lipinski definition) is 6. The van der Waals surface area contributed by atoms with Gasteiger partial charge in [0.15, 0.2) is 0 Å². The van der Waals surface area contributed by atoms with E-state index in [9.17, 15) is 9.59 Å². The minimum atomic E-state index is -0.899. The maximum Gasteiger partial charge on any atom is 0.315 e. The topological polar surface area (TPSA) is 78.4 Å². The average Bonchev–Trinajstić information content (AvgIpc) is 2.91. The van der Waals surface area contributed by atoms with E-state index in [1.807, 2.05) is 72.8 Å². The third-order valence-corrected chi connectivity index (χ3v) is 5.34. The van der Waals surface area contributed by atoms with E-state index in [1.54, 1.807) is 36.7 Å². The SMILES string of the molecule is O=C(OCc1ccccn1)C(c1ccccc1)C(C(=O)OCc1ccccn1)c1ccccc1. The van der Waals surface area contributed by atoms with Crippen LogP contribution in [0.15, 0.2) is 109 Å². The van der Waals surface area contributed by atoms with Crippen molar-refractivity contribution in [1.82, 2.24) is 9.97 Å². The van der Waals surface area contributed by atoms with Crippen LogP contribution in [0.4, 0.5) is 0 Å². The number of carbonyl (C=O) groups excluding carboxylic acids is 2. The van der Waals surface area contributed by atoms with Gasteiger partial charge >= 0.3 is 11.9 Å². The second-order valence-electron chi connectivity index (χ2n) is 7.63. The van der Waals surface area contributed by atoms with Gasteiger partial charge in [-0.15, -0.1) is 0 Å². The number of rotatable bonds is 9. The Morgan fingerprint density at radius 1 is 0.559 bits per heavy atom. The lowest BCUT2D eigenvalue weighted by Gasteiger charge is -2.25. The zero-order chi connectivity index (χ0) is 23.6. The molecule has 0 bridgehead atoms. The Balaban J connectivity index is 1.64. The Bertz CT molecular complexity index is 1090. The molecule has 0 amide bonds. The van der Waals surface area contributed by atoms with Crippen LogP contribution in [0, 0.1) is 0 Å². The van der Waals surface area contributed by atoms with Gasteiger partial charge in [-0.1, -0.05) is 72.8 Å². The van der Waals surface area contributed by atoms with Crippen LogP contribution in [-0.2, 0) is 32.3 Å². The van der Waals surface area contributed by atoms with Crippen LogP contribution in [0.3, 0.4) is 0 Å². The van der Waals surface area contributed by atoms with Gasteiger partial charge in [-0.25, -0.2) is 0 Å². The number of benzene rings is 2. The van der Waals surface area contributed by atoms with Gasteiger partial charge in [0, 0.05) is 12.4 Å². The van der Waals surface area contributed by atoms with E-state index in [-0.39, 0.29) is 13.2 Å². The van der Waals surface area contributed by atoms with Gasteiger partial charge in [-0.2, -0.15) is 0 Å². The molecule has 0 radical (unpaired) electrons. The fourth-order valence-electron chi connectivity index (χ4n) is 3.69. The van der Waals surface area contributed by atoms with Gasteiger partial charge in [0.05, 0.1) is 23.2 Å². The maximum atomic E-state index is 13.4.